The van der Waals surface area contributed by atoms with Crippen molar-refractivity contribution in [3.63, 3.8) is 0 Å². The summed E-state index contributed by atoms with van der Waals surface area (Å²) in [6.07, 6.45) is -16.5. The van der Waals surface area contributed by atoms with Crippen molar-refractivity contribution in [1.29, 1.82) is 0 Å². The monoisotopic (exact) mass is 610 g/mol. The number of aromatic hydroxyl groups is 3. The molecular formula is C27H30O16. The summed E-state index contributed by atoms with van der Waals surface area (Å²) in [5.41, 5.74) is -0.981. The predicted molar refractivity (Wildman–Crippen MR) is 140 cm³/mol. The van der Waals surface area contributed by atoms with Crippen LogP contribution in [0, 0.1) is 0 Å². The fourth-order valence-corrected chi connectivity index (χ4v) is 4.82. The topological polar surface area (TPSA) is 269 Å². The van der Waals surface area contributed by atoms with Gasteiger partial charge in [0.1, 0.15) is 77.0 Å². The first-order valence-corrected chi connectivity index (χ1v) is 13.0. The summed E-state index contributed by atoms with van der Waals surface area (Å²) in [6.45, 7) is -1.30. The molecule has 16 heteroatoms. The molecule has 10 atom stereocenters. The van der Waals surface area contributed by atoms with E-state index in [2.05, 4.69) is 0 Å². The fourth-order valence-electron chi connectivity index (χ4n) is 4.82. The number of benzene rings is 2. The van der Waals surface area contributed by atoms with Gasteiger partial charge >= 0.3 is 0 Å². The standard InChI is InChI=1S/C27H30O16/c28-7-14-17(31)20(34)23(37)26(42-14)39-8-15-18(32)21(35)24(38)27(43-15)40-11-5-12(30)16-13(6-11)41-25(22(36)19(16)33)9-1-3-10(29)4-2-9/h1-6,14-15,17-18,20-21,23-24,26-32,34-38H,7-8H2/t14-,15-,17-,18-,20-,21-,23-,24-,26-,27-/m1/s1. The second-order valence-electron chi connectivity index (χ2n) is 10.1. The lowest BCUT2D eigenvalue weighted by Crippen LogP contribution is -2.62. The van der Waals surface area contributed by atoms with Crippen LogP contribution in [0.2, 0.25) is 0 Å². The highest BCUT2D eigenvalue weighted by Crippen LogP contribution is 2.37. The predicted octanol–water partition coefficient (Wildman–Crippen LogP) is -2.42. The molecule has 2 aliphatic rings. The molecule has 3 heterocycles. The number of ether oxygens (including phenoxy) is 4. The summed E-state index contributed by atoms with van der Waals surface area (Å²) in [5.74, 6) is -2.03. The van der Waals surface area contributed by atoms with E-state index < -0.39 is 96.9 Å². The van der Waals surface area contributed by atoms with E-state index in [0.717, 1.165) is 12.1 Å². The first-order chi connectivity index (χ1) is 20.4. The SMILES string of the molecule is O=c1c(O)c(-c2ccc(O)cc2)oc2cc(O[C@@H]3O[C@H](CO[C@@H]4O[C@H](CO)[C@@H](O)[C@@H](O)[C@H]4O)[C@@H](O)[C@@H](O)[C@H]3O)cc(O)c12. The average molecular weight is 611 g/mol. The van der Waals surface area contributed by atoms with Gasteiger partial charge in [-0.25, -0.2) is 0 Å². The van der Waals surface area contributed by atoms with E-state index in [0.29, 0.717) is 0 Å². The molecule has 0 amide bonds. The lowest BCUT2D eigenvalue weighted by atomic mass is 9.98. The van der Waals surface area contributed by atoms with Gasteiger partial charge in [-0.1, -0.05) is 0 Å². The van der Waals surface area contributed by atoms with Gasteiger partial charge in [0, 0.05) is 17.7 Å². The van der Waals surface area contributed by atoms with Gasteiger partial charge in [0.25, 0.3) is 0 Å². The summed E-state index contributed by atoms with van der Waals surface area (Å²) in [6, 6.07) is 7.47. The third-order valence-corrected chi connectivity index (χ3v) is 7.25. The number of aliphatic hydroxyl groups excluding tert-OH is 7. The number of phenols is 2. The Hall–Kier alpha value is -3.55. The maximum Gasteiger partial charge on any atom is 0.238 e. The van der Waals surface area contributed by atoms with Crippen LogP contribution in [-0.2, 0) is 14.2 Å². The van der Waals surface area contributed by atoms with Gasteiger partial charge in [0.2, 0.25) is 17.5 Å². The number of hydrogen-bond donors (Lipinski definition) is 10. The zero-order valence-corrected chi connectivity index (χ0v) is 22.1. The van der Waals surface area contributed by atoms with Gasteiger partial charge in [-0.15, -0.1) is 0 Å². The lowest BCUT2D eigenvalue weighted by molar-refractivity contribution is -0.323. The van der Waals surface area contributed by atoms with E-state index in [4.69, 9.17) is 23.4 Å². The van der Waals surface area contributed by atoms with Crippen molar-refractivity contribution in [2.24, 2.45) is 0 Å². The van der Waals surface area contributed by atoms with Crippen LogP contribution in [0.4, 0.5) is 0 Å². The van der Waals surface area contributed by atoms with Crippen LogP contribution in [0.5, 0.6) is 23.0 Å². The van der Waals surface area contributed by atoms with E-state index in [1.165, 1.54) is 24.3 Å². The molecule has 0 unspecified atom stereocenters. The number of hydrogen-bond acceptors (Lipinski definition) is 16. The van der Waals surface area contributed by atoms with Gasteiger partial charge in [0.05, 0.1) is 13.2 Å². The molecule has 16 nitrogen and oxygen atoms in total. The maximum atomic E-state index is 12.8. The minimum absolute atomic E-state index is 0.0741. The normalized spacial score (nSPS) is 33.0. The molecule has 0 aliphatic carbocycles. The number of fused-ring (bicyclic) bond motifs is 1. The summed E-state index contributed by atoms with van der Waals surface area (Å²) >= 11 is 0. The third-order valence-electron chi connectivity index (χ3n) is 7.25. The molecule has 0 bridgehead atoms. The van der Waals surface area contributed by atoms with Crippen molar-refractivity contribution in [3.05, 3.63) is 46.6 Å². The Bertz CT molecular complexity index is 1490. The van der Waals surface area contributed by atoms with E-state index in [1.54, 1.807) is 0 Å². The highest BCUT2D eigenvalue weighted by molar-refractivity contribution is 5.88. The minimum atomic E-state index is -1.84. The van der Waals surface area contributed by atoms with Gasteiger partial charge in [-0.2, -0.15) is 0 Å². The first kappa shape index (κ1) is 30.9. The molecule has 0 radical (unpaired) electrons. The van der Waals surface area contributed by atoms with E-state index in [9.17, 15) is 55.9 Å². The van der Waals surface area contributed by atoms with Gasteiger partial charge in [0.15, 0.2) is 12.1 Å². The molecule has 3 aromatic rings. The zero-order valence-electron chi connectivity index (χ0n) is 22.1. The van der Waals surface area contributed by atoms with Crippen LogP contribution in [-0.4, -0.2) is 126 Å². The van der Waals surface area contributed by atoms with Crippen LogP contribution in [0.25, 0.3) is 22.3 Å². The minimum Gasteiger partial charge on any atom is -0.508 e. The first-order valence-electron chi connectivity index (χ1n) is 13.0. The second kappa shape index (κ2) is 12.2. The number of rotatable bonds is 7. The molecule has 0 saturated carbocycles. The Morgan fingerprint density at radius 2 is 1.35 bits per heavy atom. The Labute approximate surface area is 241 Å². The fraction of sp³-hybridized carbons (Fsp3) is 0.444. The van der Waals surface area contributed by atoms with Gasteiger partial charge < -0.3 is 74.4 Å². The molecule has 43 heavy (non-hydrogen) atoms. The molecular weight excluding hydrogens is 580 g/mol. The Morgan fingerprint density at radius 1 is 0.744 bits per heavy atom. The molecule has 0 spiro atoms. The molecule has 2 aliphatic heterocycles. The second-order valence-corrected chi connectivity index (χ2v) is 10.1. The van der Waals surface area contributed by atoms with E-state index in [-0.39, 0.29) is 28.4 Å². The molecule has 2 fully saturated rings. The molecule has 5 rings (SSSR count). The smallest absolute Gasteiger partial charge is 0.238 e. The van der Waals surface area contributed by atoms with Crippen LogP contribution in [0.3, 0.4) is 0 Å². The third kappa shape index (κ3) is 5.85. The van der Waals surface area contributed by atoms with Crippen LogP contribution in [0.1, 0.15) is 0 Å². The van der Waals surface area contributed by atoms with Crippen LogP contribution >= 0.6 is 0 Å². The quantitative estimate of drug-likeness (QED) is 0.133. The van der Waals surface area contributed by atoms with Crippen molar-refractivity contribution in [1.82, 2.24) is 0 Å². The largest absolute Gasteiger partial charge is 0.508 e. The molecule has 10 N–H and O–H groups in total. The zero-order chi connectivity index (χ0) is 31.2. The lowest BCUT2D eigenvalue weighted by Gasteiger charge is -2.42. The average Bonchev–Trinajstić information content (AvgIpc) is 2.98. The van der Waals surface area contributed by atoms with E-state index >= 15 is 0 Å². The summed E-state index contributed by atoms with van der Waals surface area (Å²) in [7, 11) is 0. The van der Waals surface area contributed by atoms with Crippen molar-refractivity contribution in [2.45, 2.75) is 61.4 Å². The summed E-state index contributed by atoms with van der Waals surface area (Å²) < 4.78 is 27.5. The number of phenolic OH excluding ortho intramolecular Hbond substituents is 2. The van der Waals surface area contributed by atoms with Crippen LogP contribution < -0.4 is 10.2 Å². The highest BCUT2D eigenvalue weighted by Gasteiger charge is 2.48. The Balaban J connectivity index is 1.37. The van der Waals surface area contributed by atoms with Crippen molar-refractivity contribution in [2.75, 3.05) is 13.2 Å². The summed E-state index contributed by atoms with van der Waals surface area (Å²) in [4.78, 5) is 12.8. The Kier molecular flexibility index (Phi) is 8.77. The van der Waals surface area contributed by atoms with Crippen molar-refractivity contribution >= 4 is 11.0 Å². The van der Waals surface area contributed by atoms with Crippen molar-refractivity contribution < 1.29 is 74.4 Å². The van der Waals surface area contributed by atoms with Gasteiger partial charge in [-0.3, -0.25) is 4.79 Å². The number of aliphatic hydroxyl groups is 7. The maximum absolute atomic E-state index is 12.8. The molecule has 2 aromatic carbocycles. The van der Waals surface area contributed by atoms with Gasteiger partial charge in [-0.05, 0) is 24.3 Å². The molecule has 234 valence electrons. The van der Waals surface area contributed by atoms with Crippen LogP contribution in [0.15, 0.2) is 45.6 Å². The molecule has 1 aromatic heterocycles. The molecule has 2 saturated heterocycles. The summed E-state index contributed by atoms with van der Waals surface area (Å²) in [5, 5.41) is 101. The highest BCUT2D eigenvalue weighted by atomic mass is 16.7. The van der Waals surface area contributed by atoms with E-state index in [1.807, 2.05) is 0 Å². The Morgan fingerprint density at radius 3 is 2.00 bits per heavy atom. The van der Waals surface area contributed by atoms with Crippen molar-refractivity contribution in [3.8, 4) is 34.3 Å².